The molecule has 24 heavy (non-hydrogen) atoms. The molecule has 126 valence electrons. The zero-order valence-corrected chi connectivity index (χ0v) is 14.6. The molecule has 1 N–H and O–H groups in total. The van der Waals surface area contributed by atoms with E-state index in [9.17, 15) is 4.79 Å². The number of anilines is 1. The van der Waals surface area contributed by atoms with Crippen LogP contribution >= 0.6 is 0 Å². The lowest BCUT2D eigenvalue weighted by Gasteiger charge is -2.14. The van der Waals surface area contributed by atoms with Crippen molar-refractivity contribution in [2.45, 2.75) is 40.2 Å². The fourth-order valence-electron chi connectivity index (χ4n) is 3.11. The summed E-state index contributed by atoms with van der Waals surface area (Å²) >= 11 is 0. The van der Waals surface area contributed by atoms with Crippen molar-refractivity contribution in [1.82, 2.24) is 0 Å². The quantitative estimate of drug-likeness (QED) is 0.913. The van der Waals surface area contributed by atoms with E-state index < -0.39 is 0 Å². The largest absolute Gasteiger partial charge is 0.492 e. The second kappa shape index (κ2) is 6.56. The van der Waals surface area contributed by atoms with E-state index in [-0.39, 0.29) is 12.0 Å². The molecule has 1 atom stereocenters. The van der Waals surface area contributed by atoms with E-state index in [0.717, 1.165) is 28.9 Å². The van der Waals surface area contributed by atoms with Gasteiger partial charge in [0.05, 0.1) is 12.3 Å². The third-order valence-corrected chi connectivity index (χ3v) is 4.03. The molecule has 0 saturated heterocycles. The molecule has 1 unspecified atom stereocenters. The molecule has 1 aliphatic rings. The molecule has 4 heteroatoms. The first-order valence-electron chi connectivity index (χ1n) is 8.32. The van der Waals surface area contributed by atoms with Crippen LogP contribution in [-0.4, -0.2) is 18.6 Å². The van der Waals surface area contributed by atoms with Crippen LogP contribution in [0.5, 0.6) is 11.5 Å². The molecule has 2 aromatic rings. The number of amides is 1. The van der Waals surface area contributed by atoms with Crippen LogP contribution in [0.1, 0.15) is 40.9 Å². The summed E-state index contributed by atoms with van der Waals surface area (Å²) in [6.45, 7) is 8.48. The van der Waals surface area contributed by atoms with Gasteiger partial charge in [0.2, 0.25) is 0 Å². The molecule has 0 radical (unpaired) electrons. The van der Waals surface area contributed by atoms with Gasteiger partial charge in [0.15, 0.2) is 0 Å². The molecule has 2 aromatic carbocycles. The van der Waals surface area contributed by atoms with Crippen LogP contribution in [0, 0.1) is 13.8 Å². The third kappa shape index (κ3) is 3.37. The summed E-state index contributed by atoms with van der Waals surface area (Å²) in [5, 5.41) is 2.97. The van der Waals surface area contributed by atoms with E-state index in [1.807, 2.05) is 58.0 Å². The van der Waals surface area contributed by atoms with E-state index in [4.69, 9.17) is 9.47 Å². The van der Waals surface area contributed by atoms with E-state index in [1.165, 1.54) is 0 Å². The van der Waals surface area contributed by atoms with E-state index in [2.05, 4.69) is 5.32 Å². The number of hydrogen-bond acceptors (Lipinski definition) is 3. The molecule has 0 spiro atoms. The summed E-state index contributed by atoms with van der Waals surface area (Å²) in [5.74, 6) is 1.36. The lowest BCUT2D eigenvalue weighted by Crippen LogP contribution is -2.13. The number of nitrogens with one attached hydrogen (secondary N) is 1. The highest BCUT2D eigenvalue weighted by Gasteiger charge is 2.22. The molecular weight excluding hydrogens is 302 g/mol. The zero-order valence-electron chi connectivity index (χ0n) is 14.6. The Labute approximate surface area is 142 Å². The standard InChI is InChI=1S/C20H23NO3/c1-5-23-19-10-15-9-14(4)24-18(15)11-17(19)21-20(22)16-7-12(2)6-13(3)8-16/h6-8,10-11,14H,5,9H2,1-4H3,(H,21,22). The van der Waals surface area contributed by atoms with Gasteiger partial charge in [-0.05, 0) is 45.9 Å². The highest BCUT2D eigenvalue weighted by molar-refractivity contribution is 6.05. The van der Waals surface area contributed by atoms with Crippen molar-refractivity contribution >= 4 is 11.6 Å². The summed E-state index contributed by atoms with van der Waals surface area (Å²) in [6.07, 6.45) is 1.01. The van der Waals surface area contributed by atoms with Gasteiger partial charge in [0, 0.05) is 23.6 Å². The maximum atomic E-state index is 12.6. The van der Waals surface area contributed by atoms with Crippen LogP contribution in [0.3, 0.4) is 0 Å². The van der Waals surface area contributed by atoms with Crippen LogP contribution in [0.2, 0.25) is 0 Å². The van der Waals surface area contributed by atoms with Crippen LogP contribution < -0.4 is 14.8 Å². The first kappa shape index (κ1) is 16.4. The Kier molecular flexibility index (Phi) is 4.47. The van der Waals surface area contributed by atoms with Crippen LogP contribution in [0.15, 0.2) is 30.3 Å². The van der Waals surface area contributed by atoms with E-state index >= 15 is 0 Å². The van der Waals surface area contributed by atoms with Gasteiger partial charge in [0.1, 0.15) is 17.6 Å². The average Bonchev–Trinajstić information content (AvgIpc) is 2.85. The lowest BCUT2D eigenvalue weighted by molar-refractivity contribution is 0.102. The topological polar surface area (TPSA) is 47.6 Å². The minimum absolute atomic E-state index is 0.145. The normalized spacial score (nSPS) is 15.6. The predicted molar refractivity (Wildman–Crippen MR) is 95.3 cm³/mol. The number of carbonyl (C=O) groups excluding carboxylic acids is 1. The Morgan fingerprint density at radius 1 is 1.21 bits per heavy atom. The smallest absolute Gasteiger partial charge is 0.255 e. The minimum atomic E-state index is -0.145. The van der Waals surface area contributed by atoms with Crippen LogP contribution in [0.4, 0.5) is 5.69 Å². The molecule has 0 fully saturated rings. The number of aryl methyl sites for hydroxylation is 2. The molecule has 3 rings (SSSR count). The first-order chi connectivity index (χ1) is 11.5. The second-order valence-electron chi connectivity index (χ2n) is 6.35. The Balaban J connectivity index is 1.91. The van der Waals surface area contributed by atoms with Crippen LogP contribution in [-0.2, 0) is 6.42 Å². The summed E-state index contributed by atoms with van der Waals surface area (Å²) in [7, 11) is 0. The molecule has 0 aliphatic carbocycles. The highest BCUT2D eigenvalue weighted by Crippen LogP contribution is 2.38. The Bertz CT molecular complexity index is 762. The molecule has 4 nitrogen and oxygen atoms in total. The van der Waals surface area contributed by atoms with Gasteiger partial charge in [-0.3, -0.25) is 4.79 Å². The molecule has 1 heterocycles. The Morgan fingerprint density at radius 2 is 1.92 bits per heavy atom. The second-order valence-corrected chi connectivity index (χ2v) is 6.35. The number of fused-ring (bicyclic) bond motifs is 1. The highest BCUT2D eigenvalue weighted by atomic mass is 16.5. The zero-order chi connectivity index (χ0) is 17.3. The van der Waals surface area contributed by atoms with Crippen molar-refractivity contribution in [1.29, 1.82) is 0 Å². The van der Waals surface area contributed by atoms with E-state index in [1.54, 1.807) is 0 Å². The summed E-state index contributed by atoms with van der Waals surface area (Å²) in [5.41, 5.74) is 4.54. The number of hydrogen-bond donors (Lipinski definition) is 1. The Hall–Kier alpha value is -2.49. The summed E-state index contributed by atoms with van der Waals surface area (Å²) < 4.78 is 11.5. The van der Waals surface area contributed by atoms with Crippen molar-refractivity contribution in [2.75, 3.05) is 11.9 Å². The van der Waals surface area contributed by atoms with Gasteiger partial charge in [-0.15, -0.1) is 0 Å². The SMILES string of the molecule is CCOc1cc2c(cc1NC(=O)c1cc(C)cc(C)c1)OC(C)C2. The molecule has 0 bridgehead atoms. The first-order valence-corrected chi connectivity index (χ1v) is 8.32. The lowest BCUT2D eigenvalue weighted by atomic mass is 10.1. The van der Waals surface area contributed by atoms with Gasteiger partial charge in [-0.25, -0.2) is 0 Å². The molecule has 1 amide bonds. The molecular formula is C20H23NO3. The van der Waals surface area contributed by atoms with Gasteiger partial charge in [-0.1, -0.05) is 17.2 Å². The average molecular weight is 325 g/mol. The van der Waals surface area contributed by atoms with Crippen molar-refractivity contribution in [3.05, 3.63) is 52.6 Å². The fraction of sp³-hybridized carbons (Fsp3) is 0.350. The van der Waals surface area contributed by atoms with Crippen molar-refractivity contribution in [3.8, 4) is 11.5 Å². The molecule has 1 aliphatic heterocycles. The number of benzene rings is 2. The molecule has 0 saturated carbocycles. The number of rotatable bonds is 4. The van der Waals surface area contributed by atoms with Crippen molar-refractivity contribution < 1.29 is 14.3 Å². The van der Waals surface area contributed by atoms with Gasteiger partial charge < -0.3 is 14.8 Å². The van der Waals surface area contributed by atoms with Crippen molar-refractivity contribution in [3.63, 3.8) is 0 Å². The maximum Gasteiger partial charge on any atom is 0.255 e. The van der Waals surface area contributed by atoms with Crippen molar-refractivity contribution in [2.24, 2.45) is 0 Å². The summed E-state index contributed by atoms with van der Waals surface area (Å²) in [4.78, 5) is 12.6. The number of carbonyl (C=O) groups is 1. The van der Waals surface area contributed by atoms with Gasteiger partial charge >= 0.3 is 0 Å². The minimum Gasteiger partial charge on any atom is -0.492 e. The fourth-order valence-corrected chi connectivity index (χ4v) is 3.11. The van der Waals surface area contributed by atoms with E-state index in [0.29, 0.717) is 23.6 Å². The monoisotopic (exact) mass is 325 g/mol. The van der Waals surface area contributed by atoms with Crippen LogP contribution in [0.25, 0.3) is 0 Å². The molecule has 0 aromatic heterocycles. The van der Waals surface area contributed by atoms with Gasteiger partial charge in [0.25, 0.3) is 5.91 Å². The summed E-state index contributed by atoms with van der Waals surface area (Å²) in [6, 6.07) is 9.65. The Morgan fingerprint density at radius 3 is 2.58 bits per heavy atom. The third-order valence-electron chi connectivity index (χ3n) is 4.03. The number of ether oxygens (including phenoxy) is 2. The maximum absolute atomic E-state index is 12.6. The predicted octanol–water partition coefficient (Wildman–Crippen LogP) is 4.28. The van der Waals surface area contributed by atoms with Gasteiger partial charge in [-0.2, -0.15) is 0 Å².